The van der Waals surface area contributed by atoms with E-state index < -0.39 is 17.8 Å². The number of hydrogen-bond acceptors (Lipinski definition) is 5. The lowest BCUT2D eigenvalue weighted by atomic mass is 10.0. The molecule has 1 aromatic carbocycles. The Labute approximate surface area is 153 Å². The van der Waals surface area contributed by atoms with Crippen molar-refractivity contribution < 1.29 is 13.2 Å². The second-order valence-corrected chi connectivity index (χ2v) is 7.20. The van der Waals surface area contributed by atoms with E-state index >= 15 is 0 Å². The van der Waals surface area contributed by atoms with Crippen LogP contribution in [0, 0.1) is 0 Å². The van der Waals surface area contributed by atoms with Gasteiger partial charge in [-0.3, -0.25) is 0 Å². The lowest BCUT2D eigenvalue weighted by molar-refractivity contribution is -0.138. The van der Waals surface area contributed by atoms with Crippen molar-refractivity contribution in [1.29, 1.82) is 0 Å². The van der Waals surface area contributed by atoms with Crippen molar-refractivity contribution in [2.75, 3.05) is 10.6 Å². The third-order valence-electron chi connectivity index (χ3n) is 3.81. The topological polar surface area (TPSA) is 49.8 Å². The van der Waals surface area contributed by atoms with Crippen molar-refractivity contribution in [1.82, 2.24) is 9.97 Å². The van der Waals surface area contributed by atoms with E-state index in [0.717, 1.165) is 16.3 Å². The van der Waals surface area contributed by atoms with E-state index in [0.29, 0.717) is 11.8 Å². The maximum atomic E-state index is 13.3. The molecule has 0 spiro atoms. The highest BCUT2D eigenvalue weighted by Crippen LogP contribution is 2.36. The van der Waals surface area contributed by atoms with Gasteiger partial charge in [0.25, 0.3) is 0 Å². The molecule has 0 radical (unpaired) electrons. The van der Waals surface area contributed by atoms with Gasteiger partial charge in [0.2, 0.25) is 5.95 Å². The maximum Gasteiger partial charge on any atom is 0.416 e. The summed E-state index contributed by atoms with van der Waals surface area (Å²) >= 11 is 1.45. The number of nitrogens with zero attached hydrogens (tertiary/aromatic N) is 2. The predicted molar refractivity (Wildman–Crippen MR) is 99.7 cm³/mol. The maximum absolute atomic E-state index is 13.3. The van der Waals surface area contributed by atoms with Crippen molar-refractivity contribution in [3.63, 3.8) is 0 Å². The fraction of sp³-hybridized carbons (Fsp3) is 0.333. The summed E-state index contributed by atoms with van der Waals surface area (Å²) in [5.74, 6) is 0.974. The zero-order valence-electron chi connectivity index (χ0n) is 14.6. The number of nitrogens with one attached hydrogen (secondary N) is 2. The molecule has 0 fully saturated rings. The number of alkyl halides is 3. The quantitative estimate of drug-likeness (QED) is 0.596. The van der Waals surface area contributed by atoms with Gasteiger partial charge in [-0.05, 0) is 43.8 Å². The average Bonchev–Trinajstić information content (AvgIpc) is 3.02. The van der Waals surface area contributed by atoms with Gasteiger partial charge in [0.15, 0.2) is 0 Å². The van der Waals surface area contributed by atoms with E-state index in [1.54, 1.807) is 13.0 Å². The zero-order chi connectivity index (χ0) is 18.9. The van der Waals surface area contributed by atoms with Gasteiger partial charge >= 0.3 is 6.18 Å². The highest BCUT2D eigenvalue weighted by molar-refractivity contribution is 7.17. The Bertz CT molecular complexity index is 905. The van der Waals surface area contributed by atoms with Gasteiger partial charge in [-0.15, -0.1) is 11.3 Å². The summed E-state index contributed by atoms with van der Waals surface area (Å²) in [6.07, 6.45) is -4.40. The molecule has 0 bridgehead atoms. The zero-order valence-corrected chi connectivity index (χ0v) is 15.4. The summed E-state index contributed by atoms with van der Waals surface area (Å²) in [4.78, 5) is 8.91. The summed E-state index contributed by atoms with van der Waals surface area (Å²) < 4.78 is 40.7. The first-order chi connectivity index (χ1) is 12.3. The molecule has 0 saturated carbocycles. The number of thiophene rings is 1. The van der Waals surface area contributed by atoms with Crippen LogP contribution in [-0.4, -0.2) is 16.0 Å². The van der Waals surface area contributed by atoms with E-state index in [9.17, 15) is 13.2 Å². The van der Waals surface area contributed by atoms with Crippen LogP contribution in [0.15, 0.2) is 35.7 Å². The number of aromatic nitrogens is 2. The third-order valence-corrected chi connectivity index (χ3v) is 4.72. The Morgan fingerprint density at radius 2 is 1.73 bits per heavy atom. The predicted octanol–water partition coefficient (Wildman–Crippen LogP) is 5.70. The minimum atomic E-state index is -4.40. The molecule has 138 valence electrons. The lowest BCUT2D eigenvalue weighted by Gasteiger charge is -2.20. The van der Waals surface area contributed by atoms with Crippen molar-refractivity contribution in [3.05, 3.63) is 46.8 Å². The van der Waals surface area contributed by atoms with Crippen LogP contribution in [0.1, 0.15) is 37.9 Å². The number of fused-ring (bicyclic) bond motifs is 1. The van der Waals surface area contributed by atoms with Gasteiger partial charge in [-0.1, -0.05) is 18.2 Å². The summed E-state index contributed by atoms with van der Waals surface area (Å²) in [6, 6.07) is 7.02. The molecule has 2 N–H and O–H groups in total. The SMILES string of the molecule is CC(C)Nc1nc(NC(C)c2ccccc2C(F)(F)F)c2sccc2n1. The minimum absolute atomic E-state index is 0.141. The molecule has 1 atom stereocenters. The fourth-order valence-electron chi connectivity index (χ4n) is 2.70. The van der Waals surface area contributed by atoms with Crippen LogP contribution < -0.4 is 10.6 Å². The Kier molecular flexibility index (Phi) is 5.04. The Morgan fingerprint density at radius 3 is 2.42 bits per heavy atom. The normalized spacial score (nSPS) is 13.2. The number of halogens is 3. The second kappa shape index (κ2) is 7.11. The van der Waals surface area contributed by atoms with Gasteiger partial charge < -0.3 is 10.6 Å². The lowest BCUT2D eigenvalue weighted by Crippen LogP contribution is -2.17. The molecule has 2 heterocycles. The molecule has 0 aliphatic heterocycles. The van der Waals surface area contributed by atoms with Crippen LogP contribution in [0.4, 0.5) is 24.9 Å². The molecule has 1 unspecified atom stereocenters. The molecule has 3 aromatic rings. The monoisotopic (exact) mass is 380 g/mol. The van der Waals surface area contributed by atoms with Crippen LogP contribution in [0.5, 0.6) is 0 Å². The minimum Gasteiger partial charge on any atom is -0.362 e. The number of rotatable bonds is 5. The van der Waals surface area contributed by atoms with Crippen LogP contribution in [0.2, 0.25) is 0 Å². The fourth-order valence-corrected chi connectivity index (χ4v) is 3.48. The summed E-state index contributed by atoms with van der Waals surface area (Å²) in [5, 5.41) is 8.16. The number of anilines is 2. The van der Waals surface area contributed by atoms with Crippen LogP contribution in [0.3, 0.4) is 0 Å². The van der Waals surface area contributed by atoms with Gasteiger partial charge in [0.05, 0.1) is 21.8 Å². The van der Waals surface area contributed by atoms with Crippen molar-refractivity contribution in [2.24, 2.45) is 0 Å². The molecule has 8 heteroatoms. The van der Waals surface area contributed by atoms with Crippen molar-refractivity contribution in [2.45, 2.75) is 39.0 Å². The van der Waals surface area contributed by atoms with Crippen LogP contribution in [-0.2, 0) is 6.18 Å². The summed E-state index contributed by atoms with van der Waals surface area (Å²) in [6.45, 7) is 5.63. The number of benzene rings is 1. The molecule has 0 amide bonds. The highest BCUT2D eigenvalue weighted by atomic mass is 32.1. The van der Waals surface area contributed by atoms with Gasteiger partial charge in [0, 0.05) is 6.04 Å². The molecular formula is C18H19F3N4S. The molecule has 0 saturated heterocycles. The molecule has 0 aliphatic rings. The summed E-state index contributed by atoms with van der Waals surface area (Å²) in [5.41, 5.74) is 0.297. The highest BCUT2D eigenvalue weighted by Gasteiger charge is 2.34. The average molecular weight is 380 g/mol. The van der Waals surface area contributed by atoms with Crippen molar-refractivity contribution >= 4 is 33.3 Å². The van der Waals surface area contributed by atoms with Gasteiger partial charge in [0.1, 0.15) is 5.82 Å². The Morgan fingerprint density at radius 1 is 1.00 bits per heavy atom. The molecule has 0 aliphatic carbocycles. The smallest absolute Gasteiger partial charge is 0.362 e. The molecule has 3 rings (SSSR count). The van der Waals surface area contributed by atoms with Crippen LogP contribution in [0.25, 0.3) is 10.2 Å². The molecule has 26 heavy (non-hydrogen) atoms. The first kappa shape index (κ1) is 18.4. The van der Waals surface area contributed by atoms with E-state index in [1.165, 1.54) is 23.5 Å². The first-order valence-electron chi connectivity index (χ1n) is 8.20. The van der Waals surface area contributed by atoms with E-state index in [2.05, 4.69) is 20.6 Å². The second-order valence-electron chi connectivity index (χ2n) is 6.28. The van der Waals surface area contributed by atoms with Crippen LogP contribution >= 0.6 is 11.3 Å². The van der Waals surface area contributed by atoms with E-state index in [1.807, 2.05) is 25.3 Å². The third kappa shape index (κ3) is 3.90. The first-order valence-corrected chi connectivity index (χ1v) is 9.08. The molecule has 2 aromatic heterocycles. The van der Waals surface area contributed by atoms with E-state index in [4.69, 9.17) is 0 Å². The molecular weight excluding hydrogens is 361 g/mol. The Balaban J connectivity index is 1.97. The van der Waals surface area contributed by atoms with Gasteiger partial charge in [-0.25, -0.2) is 4.98 Å². The largest absolute Gasteiger partial charge is 0.416 e. The standard InChI is InChI=1S/C18H19F3N4S/c1-10(2)22-17-24-14-8-9-26-15(14)16(25-17)23-11(3)12-6-4-5-7-13(12)18(19,20)21/h4-11H,1-3H3,(H2,22,23,24,25). The van der Waals surface area contributed by atoms with Gasteiger partial charge in [-0.2, -0.15) is 18.2 Å². The van der Waals surface area contributed by atoms with E-state index in [-0.39, 0.29) is 11.6 Å². The summed E-state index contributed by atoms with van der Waals surface area (Å²) in [7, 11) is 0. The Hall–Kier alpha value is -2.35. The number of hydrogen-bond donors (Lipinski definition) is 2. The molecule has 4 nitrogen and oxygen atoms in total. The van der Waals surface area contributed by atoms with Crippen molar-refractivity contribution in [3.8, 4) is 0 Å².